The zero-order valence-electron chi connectivity index (χ0n) is 16.0. The normalized spacial score (nSPS) is 11.4. The van der Waals surface area contributed by atoms with E-state index >= 15 is 0 Å². The average Bonchev–Trinajstić information content (AvgIpc) is 2.71. The van der Waals surface area contributed by atoms with Gasteiger partial charge in [-0.15, -0.1) is 0 Å². The molecule has 0 spiro atoms. The number of fused-ring (bicyclic) bond motifs is 3. The van der Waals surface area contributed by atoms with Crippen LogP contribution in [0.2, 0.25) is 0 Å². The van der Waals surface area contributed by atoms with E-state index in [0.29, 0.717) is 17.1 Å². The van der Waals surface area contributed by atoms with E-state index in [9.17, 15) is 4.79 Å². The Morgan fingerprint density at radius 1 is 0.821 bits per heavy atom. The predicted molar refractivity (Wildman–Crippen MR) is 113 cm³/mol. The van der Waals surface area contributed by atoms with Crippen molar-refractivity contribution in [2.75, 3.05) is 14.2 Å². The van der Waals surface area contributed by atoms with Crippen LogP contribution in [0, 0.1) is 6.92 Å². The van der Waals surface area contributed by atoms with Gasteiger partial charge in [-0.25, -0.2) is 4.79 Å². The van der Waals surface area contributed by atoms with Crippen molar-refractivity contribution in [1.82, 2.24) is 0 Å². The number of hydrogen-bond acceptors (Lipinski definition) is 4. The summed E-state index contributed by atoms with van der Waals surface area (Å²) in [6.07, 6.45) is 3.86. The highest BCUT2D eigenvalue weighted by Crippen LogP contribution is 2.31. The molecule has 0 bridgehead atoms. The summed E-state index contributed by atoms with van der Waals surface area (Å²) in [4.78, 5) is 12.2. The molecule has 4 nitrogen and oxygen atoms in total. The molecule has 0 saturated carbocycles. The van der Waals surface area contributed by atoms with Crippen LogP contribution >= 0.6 is 0 Å². The van der Waals surface area contributed by atoms with Gasteiger partial charge in [-0.05, 0) is 47.2 Å². The van der Waals surface area contributed by atoms with Gasteiger partial charge >= 0.3 is 5.63 Å². The summed E-state index contributed by atoms with van der Waals surface area (Å²) in [5.74, 6) is 1.33. The molecule has 0 amide bonds. The number of rotatable bonds is 4. The monoisotopic (exact) mass is 372 g/mol. The van der Waals surface area contributed by atoms with Gasteiger partial charge < -0.3 is 13.9 Å². The molecule has 1 aromatic heterocycles. The van der Waals surface area contributed by atoms with Crippen LogP contribution in [-0.2, 0) is 0 Å². The molecule has 0 radical (unpaired) electrons. The Hall–Kier alpha value is -3.53. The van der Waals surface area contributed by atoms with E-state index in [1.54, 1.807) is 14.2 Å². The maximum Gasteiger partial charge on any atom is 0.336 e. The number of ether oxygens (including phenoxy) is 2. The summed E-state index contributed by atoms with van der Waals surface area (Å²) in [7, 11) is 3.21. The van der Waals surface area contributed by atoms with Gasteiger partial charge in [0.1, 0.15) is 5.58 Å². The molecule has 0 N–H and O–H groups in total. The van der Waals surface area contributed by atoms with Gasteiger partial charge in [0.15, 0.2) is 11.5 Å². The van der Waals surface area contributed by atoms with Crippen molar-refractivity contribution in [3.63, 3.8) is 0 Å². The molecule has 28 heavy (non-hydrogen) atoms. The quantitative estimate of drug-likeness (QED) is 0.353. The van der Waals surface area contributed by atoms with E-state index in [2.05, 4.69) is 6.07 Å². The highest BCUT2D eigenvalue weighted by Gasteiger charge is 2.09. The summed E-state index contributed by atoms with van der Waals surface area (Å²) < 4.78 is 16.2. The van der Waals surface area contributed by atoms with Crippen LogP contribution in [-0.4, -0.2) is 14.2 Å². The standard InChI is InChI=1S/C24H20O4/c1-15-5-4-6-20-18(15)10-11-19-17(14-23(25)28-24(19)20)9-7-16-8-12-21(26-2)22(13-16)27-3/h4-14H,1-3H3/b9-7+. The van der Waals surface area contributed by atoms with Crippen LogP contribution in [0.1, 0.15) is 16.7 Å². The van der Waals surface area contributed by atoms with Gasteiger partial charge in [-0.1, -0.05) is 42.5 Å². The van der Waals surface area contributed by atoms with Gasteiger partial charge in [0.2, 0.25) is 0 Å². The minimum Gasteiger partial charge on any atom is -0.493 e. The van der Waals surface area contributed by atoms with Crippen molar-refractivity contribution in [3.8, 4) is 11.5 Å². The third kappa shape index (κ3) is 3.14. The SMILES string of the molecule is COc1ccc(/C=C/c2cc(=O)oc3c2ccc2c(C)cccc23)cc1OC. The smallest absolute Gasteiger partial charge is 0.336 e. The second-order valence-corrected chi connectivity index (χ2v) is 6.58. The molecule has 1 heterocycles. The summed E-state index contributed by atoms with van der Waals surface area (Å²) in [5, 5.41) is 2.92. The van der Waals surface area contributed by atoms with E-state index in [-0.39, 0.29) is 5.63 Å². The zero-order valence-corrected chi connectivity index (χ0v) is 16.0. The molecular formula is C24H20O4. The van der Waals surface area contributed by atoms with Crippen molar-refractivity contribution < 1.29 is 13.9 Å². The lowest BCUT2D eigenvalue weighted by atomic mass is 10.0. The lowest BCUT2D eigenvalue weighted by Gasteiger charge is -2.08. The van der Waals surface area contributed by atoms with Crippen molar-refractivity contribution in [2.45, 2.75) is 6.92 Å². The van der Waals surface area contributed by atoms with Gasteiger partial charge in [0, 0.05) is 16.8 Å². The van der Waals surface area contributed by atoms with E-state index in [0.717, 1.165) is 32.8 Å². The molecule has 0 saturated heterocycles. The fourth-order valence-electron chi connectivity index (χ4n) is 3.44. The van der Waals surface area contributed by atoms with E-state index in [1.807, 2.05) is 61.5 Å². The topological polar surface area (TPSA) is 48.7 Å². The molecule has 0 atom stereocenters. The van der Waals surface area contributed by atoms with E-state index in [4.69, 9.17) is 13.9 Å². The highest BCUT2D eigenvalue weighted by atomic mass is 16.5. The van der Waals surface area contributed by atoms with E-state index in [1.165, 1.54) is 6.07 Å². The maximum atomic E-state index is 12.2. The summed E-state index contributed by atoms with van der Waals surface area (Å²) >= 11 is 0. The van der Waals surface area contributed by atoms with Crippen molar-refractivity contribution >= 4 is 33.9 Å². The van der Waals surface area contributed by atoms with Crippen LogP contribution in [0.3, 0.4) is 0 Å². The maximum absolute atomic E-state index is 12.2. The highest BCUT2D eigenvalue weighted by molar-refractivity contribution is 6.07. The molecule has 3 aromatic carbocycles. The molecular weight excluding hydrogens is 352 g/mol. The predicted octanol–water partition coefficient (Wildman–Crippen LogP) is 5.44. The molecule has 0 aliphatic rings. The fourth-order valence-corrected chi connectivity index (χ4v) is 3.44. The second kappa shape index (κ2) is 7.24. The number of hydrogen-bond donors (Lipinski definition) is 0. The van der Waals surface area contributed by atoms with Gasteiger partial charge in [0.05, 0.1) is 14.2 Å². The Balaban J connectivity index is 1.85. The van der Waals surface area contributed by atoms with Crippen LogP contribution in [0.25, 0.3) is 33.9 Å². The Labute approximate surface area is 162 Å². The van der Waals surface area contributed by atoms with Gasteiger partial charge in [0.25, 0.3) is 0 Å². The third-order valence-electron chi connectivity index (χ3n) is 4.88. The minimum atomic E-state index is -0.367. The first-order valence-corrected chi connectivity index (χ1v) is 8.97. The van der Waals surface area contributed by atoms with E-state index < -0.39 is 0 Å². The summed E-state index contributed by atoms with van der Waals surface area (Å²) in [6, 6.07) is 17.3. The molecule has 140 valence electrons. The fraction of sp³-hybridized carbons (Fsp3) is 0.125. The summed E-state index contributed by atoms with van der Waals surface area (Å²) in [6.45, 7) is 2.05. The van der Waals surface area contributed by atoms with Gasteiger partial charge in [-0.2, -0.15) is 0 Å². The van der Waals surface area contributed by atoms with Crippen molar-refractivity contribution in [3.05, 3.63) is 81.7 Å². The molecule has 4 heteroatoms. The largest absolute Gasteiger partial charge is 0.493 e. The Kier molecular flexibility index (Phi) is 4.62. The Bertz CT molecular complexity index is 1270. The first-order chi connectivity index (χ1) is 13.6. The van der Waals surface area contributed by atoms with Crippen LogP contribution in [0.4, 0.5) is 0 Å². The number of benzene rings is 3. The van der Waals surface area contributed by atoms with Crippen LogP contribution in [0.5, 0.6) is 11.5 Å². The van der Waals surface area contributed by atoms with Crippen molar-refractivity contribution in [1.29, 1.82) is 0 Å². The van der Waals surface area contributed by atoms with Crippen LogP contribution < -0.4 is 15.1 Å². The summed E-state index contributed by atoms with van der Waals surface area (Å²) in [5.41, 5.74) is 3.14. The Morgan fingerprint density at radius 3 is 2.39 bits per heavy atom. The van der Waals surface area contributed by atoms with Gasteiger partial charge in [-0.3, -0.25) is 0 Å². The first kappa shape index (κ1) is 17.9. The molecule has 0 unspecified atom stereocenters. The average molecular weight is 372 g/mol. The van der Waals surface area contributed by atoms with Crippen LogP contribution in [0.15, 0.2) is 63.8 Å². The number of aryl methyl sites for hydroxylation is 1. The lowest BCUT2D eigenvalue weighted by Crippen LogP contribution is -1.98. The molecule has 0 aliphatic carbocycles. The number of methoxy groups -OCH3 is 2. The minimum absolute atomic E-state index is 0.367. The molecule has 0 aliphatic heterocycles. The molecule has 0 fully saturated rings. The molecule has 4 aromatic rings. The lowest BCUT2D eigenvalue weighted by molar-refractivity contribution is 0.355. The van der Waals surface area contributed by atoms with Crippen molar-refractivity contribution in [2.24, 2.45) is 0 Å². The Morgan fingerprint density at radius 2 is 1.61 bits per heavy atom. The third-order valence-corrected chi connectivity index (χ3v) is 4.88. The second-order valence-electron chi connectivity index (χ2n) is 6.58. The molecule has 4 rings (SSSR count). The zero-order chi connectivity index (χ0) is 19.7. The first-order valence-electron chi connectivity index (χ1n) is 8.97.